The standard InChI is InChI=1S/C9H16N4O/c1-11-4-9(6-14-7-9)5-13-3-8(10)2-12-13/h2-3,11H,4-7,10H2,1H3. The van der Waals surface area contributed by atoms with E-state index in [1.807, 2.05) is 17.9 Å². The fourth-order valence-electron chi connectivity index (χ4n) is 1.82. The van der Waals surface area contributed by atoms with E-state index >= 15 is 0 Å². The minimum absolute atomic E-state index is 0.202. The molecular formula is C9H16N4O. The Bertz CT molecular complexity index is 306. The summed E-state index contributed by atoms with van der Waals surface area (Å²) in [4.78, 5) is 0. The highest BCUT2D eigenvalue weighted by atomic mass is 16.5. The molecule has 0 amide bonds. The molecule has 14 heavy (non-hydrogen) atoms. The summed E-state index contributed by atoms with van der Waals surface area (Å²) in [6.07, 6.45) is 3.53. The first kappa shape index (κ1) is 9.48. The maximum absolute atomic E-state index is 5.60. The van der Waals surface area contributed by atoms with E-state index in [0.29, 0.717) is 5.69 Å². The molecule has 0 bridgehead atoms. The third-order valence-electron chi connectivity index (χ3n) is 2.52. The number of aromatic nitrogens is 2. The fourth-order valence-corrected chi connectivity index (χ4v) is 1.82. The van der Waals surface area contributed by atoms with Gasteiger partial charge in [0.1, 0.15) is 0 Å². The van der Waals surface area contributed by atoms with Crippen molar-refractivity contribution in [3.05, 3.63) is 12.4 Å². The summed E-state index contributed by atoms with van der Waals surface area (Å²) in [5, 5.41) is 7.36. The van der Waals surface area contributed by atoms with Crippen molar-refractivity contribution < 1.29 is 4.74 Å². The second-order valence-corrected chi connectivity index (χ2v) is 3.99. The van der Waals surface area contributed by atoms with Crippen molar-refractivity contribution in [3.63, 3.8) is 0 Å². The van der Waals surface area contributed by atoms with Gasteiger partial charge in [-0.3, -0.25) is 4.68 Å². The number of nitrogens with one attached hydrogen (secondary N) is 1. The van der Waals surface area contributed by atoms with Crippen molar-refractivity contribution in [1.29, 1.82) is 0 Å². The molecule has 1 aliphatic rings. The van der Waals surface area contributed by atoms with E-state index in [4.69, 9.17) is 10.5 Å². The predicted octanol–water partition coefficient (Wildman–Crippen LogP) is -0.299. The summed E-state index contributed by atoms with van der Waals surface area (Å²) < 4.78 is 7.14. The first-order valence-electron chi connectivity index (χ1n) is 4.74. The van der Waals surface area contributed by atoms with Crippen LogP contribution in [0.4, 0.5) is 5.69 Å². The van der Waals surface area contributed by atoms with Gasteiger partial charge in [0.05, 0.1) is 31.6 Å². The summed E-state index contributed by atoms with van der Waals surface area (Å²) in [5.41, 5.74) is 6.52. The zero-order valence-electron chi connectivity index (χ0n) is 8.36. The molecule has 1 fully saturated rings. The van der Waals surface area contributed by atoms with Crippen molar-refractivity contribution in [2.45, 2.75) is 6.54 Å². The number of anilines is 1. The average molecular weight is 196 g/mol. The van der Waals surface area contributed by atoms with Crippen LogP contribution in [0, 0.1) is 5.41 Å². The van der Waals surface area contributed by atoms with Gasteiger partial charge in [0.2, 0.25) is 0 Å². The molecule has 0 aromatic carbocycles. The number of hydrogen-bond donors (Lipinski definition) is 2. The van der Waals surface area contributed by atoms with Crippen LogP contribution in [0.25, 0.3) is 0 Å². The van der Waals surface area contributed by atoms with Crippen LogP contribution in [0.15, 0.2) is 12.4 Å². The van der Waals surface area contributed by atoms with Gasteiger partial charge in [-0.15, -0.1) is 0 Å². The molecule has 5 nitrogen and oxygen atoms in total. The van der Waals surface area contributed by atoms with E-state index in [0.717, 1.165) is 26.3 Å². The lowest BCUT2D eigenvalue weighted by Crippen LogP contribution is -2.51. The number of hydrogen-bond acceptors (Lipinski definition) is 4. The highest BCUT2D eigenvalue weighted by Gasteiger charge is 2.38. The normalized spacial score (nSPS) is 19.2. The molecule has 1 aromatic heterocycles. The molecule has 3 N–H and O–H groups in total. The number of nitrogens with two attached hydrogens (primary N) is 1. The Morgan fingerprint density at radius 1 is 1.71 bits per heavy atom. The zero-order chi connectivity index (χ0) is 10.0. The molecule has 1 saturated heterocycles. The Hall–Kier alpha value is -1.07. The highest BCUT2D eigenvalue weighted by molar-refractivity contribution is 5.30. The molecule has 0 aliphatic carbocycles. The van der Waals surface area contributed by atoms with Crippen molar-refractivity contribution >= 4 is 5.69 Å². The lowest BCUT2D eigenvalue weighted by molar-refractivity contribution is -0.120. The summed E-state index contributed by atoms with van der Waals surface area (Å²) in [6.45, 7) is 3.42. The first-order chi connectivity index (χ1) is 6.74. The molecule has 0 unspecified atom stereocenters. The van der Waals surface area contributed by atoms with E-state index in [-0.39, 0.29) is 5.41 Å². The van der Waals surface area contributed by atoms with Crippen molar-refractivity contribution in [2.24, 2.45) is 5.41 Å². The van der Waals surface area contributed by atoms with Gasteiger partial charge in [-0.1, -0.05) is 0 Å². The smallest absolute Gasteiger partial charge is 0.0719 e. The number of rotatable bonds is 4. The second kappa shape index (κ2) is 3.59. The van der Waals surface area contributed by atoms with Gasteiger partial charge in [0, 0.05) is 18.2 Å². The summed E-state index contributed by atoms with van der Waals surface area (Å²) in [7, 11) is 1.96. The van der Waals surface area contributed by atoms with E-state index < -0.39 is 0 Å². The number of ether oxygens (including phenoxy) is 1. The Morgan fingerprint density at radius 3 is 2.93 bits per heavy atom. The van der Waals surface area contributed by atoms with Gasteiger partial charge < -0.3 is 15.8 Å². The largest absolute Gasteiger partial charge is 0.396 e. The Labute approximate surface area is 83.2 Å². The summed E-state index contributed by atoms with van der Waals surface area (Å²) >= 11 is 0. The third kappa shape index (κ3) is 1.73. The summed E-state index contributed by atoms with van der Waals surface area (Å²) in [6, 6.07) is 0. The second-order valence-electron chi connectivity index (χ2n) is 3.99. The minimum atomic E-state index is 0.202. The molecule has 0 spiro atoms. The van der Waals surface area contributed by atoms with Gasteiger partial charge >= 0.3 is 0 Å². The Morgan fingerprint density at radius 2 is 2.50 bits per heavy atom. The molecular weight excluding hydrogens is 180 g/mol. The van der Waals surface area contributed by atoms with Crippen LogP contribution in [-0.2, 0) is 11.3 Å². The maximum atomic E-state index is 5.60. The van der Waals surface area contributed by atoms with Crippen molar-refractivity contribution in [2.75, 3.05) is 32.5 Å². The quantitative estimate of drug-likeness (QED) is 0.694. The van der Waals surface area contributed by atoms with Crippen LogP contribution in [0.3, 0.4) is 0 Å². The molecule has 2 rings (SSSR count). The maximum Gasteiger partial charge on any atom is 0.0719 e. The lowest BCUT2D eigenvalue weighted by atomic mass is 9.86. The molecule has 2 heterocycles. The van der Waals surface area contributed by atoms with Crippen LogP contribution in [-0.4, -0.2) is 36.6 Å². The van der Waals surface area contributed by atoms with Crippen LogP contribution < -0.4 is 11.1 Å². The topological polar surface area (TPSA) is 65.1 Å². The SMILES string of the molecule is CNCC1(Cn2cc(N)cn2)COC1. The van der Waals surface area contributed by atoms with Gasteiger partial charge in [0.25, 0.3) is 0 Å². The molecule has 1 aromatic rings. The Kier molecular flexibility index (Phi) is 2.43. The van der Waals surface area contributed by atoms with Gasteiger partial charge in [-0.25, -0.2) is 0 Å². The highest BCUT2D eigenvalue weighted by Crippen LogP contribution is 2.28. The monoisotopic (exact) mass is 196 g/mol. The molecule has 0 saturated carbocycles. The summed E-state index contributed by atoms with van der Waals surface area (Å²) in [5.74, 6) is 0. The minimum Gasteiger partial charge on any atom is -0.396 e. The van der Waals surface area contributed by atoms with E-state index in [2.05, 4.69) is 10.4 Å². The van der Waals surface area contributed by atoms with Crippen molar-refractivity contribution in [1.82, 2.24) is 15.1 Å². The van der Waals surface area contributed by atoms with Crippen LogP contribution in [0.2, 0.25) is 0 Å². The molecule has 0 radical (unpaired) electrons. The predicted molar refractivity (Wildman–Crippen MR) is 53.8 cm³/mol. The zero-order valence-corrected chi connectivity index (χ0v) is 8.36. The van der Waals surface area contributed by atoms with Gasteiger partial charge in [-0.2, -0.15) is 5.10 Å². The molecule has 1 aliphatic heterocycles. The number of nitrogen functional groups attached to an aromatic ring is 1. The van der Waals surface area contributed by atoms with Crippen molar-refractivity contribution in [3.8, 4) is 0 Å². The molecule has 5 heteroatoms. The molecule has 0 atom stereocenters. The van der Waals surface area contributed by atoms with E-state index in [1.165, 1.54) is 0 Å². The Balaban J connectivity index is 2.01. The lowest BCUT2D eigenvalue weighted by Gasteiger charge is -2.41. The molecule has 78 valence electrons. The van der Waals surface area contributed by atoms with Crippen LogP contribution in [0.5, 0.6) is 0 Å². The average Bonchev–Trinajstić information content (AvgIpc) is 2.48. The van der Waals surface area contributed by atoms with Crippen LogP contribution in [0.1, 0.15) is 0 Å². The van der Waals surface area contributed by atoms with Crippen LogP contribution >= 0.6 is 0 Å². The van der Waals surface area contributed by atoms with E-state index in [9.17, 15) is 0 Å². The van der Waals surface area contributed by atoms with E-state index in [1.54, 1.807) is 6.20 Å². The first-order valence-corrected chi connectivity index (χ1v) is 4.74. The fraction of sp³-hybridized carbons (Fsp3) is 0.667. The third-order valence-corrected chi connectivity index (χ3v) is 2.52. The number of nitrogens with zero attached hydrogens (tertiary/aromatic N) is 2. The van der Waals surface area contributed by atoms with Gasteiger partial charge in [0.15, 0.2) is 0 Å². The van der Waals surface area contributed by atoms with Gasteiger partial charge in [-0.05, 0) is 7.05 Å².